The summed E-state index contributed by atoms with van der Waals surface area (Å²) in [6.45, 7) is 0.192. The minimum Gasteiger partial charge on any atom is -0.496 e. The smallest absolute Gasteiger partial charge is 0.252 e. The fourth-order valence-electron chi connectivity index (χ4n) is 2.11. The molecule has 2 aromatic rings. The summed E-state index contributed by atoms with van der Waals surface area (Å²) in [5.41, 5.74) is 15.0. The molecule has 8 heteroatoms. The molecular weight excluding hydrogens is 340 g/mol. The quantitative estimate of drug-likeness (QED) is 0.393. The fraction of sp³-hybridized carbons (Fsp3) is 0.118. The van der Waals surface area contributed by atoms with Crippen molar-refractivity contribution in [2.75, 3.05) is 7.11 Å². The number of para-hydroxylation sites is 1. The maximum atomic E-state index is 11.5. The number of carbonyl (C=O) groups is 1. The molecule has 0 fully saturated rings. The zero-order valence-electron chi connectivity index (χ0n) is 13.6. The summed E-state index contributed by atoms with van der Waals surface area (Å²) in [7, 11) is 1.57. The molecule has 1 amide bonds. The first kappa shape index (κ1) is 18.2. The van der Waals surface area contributed by atoms with E-state index in [9.17, 15) is 4.79 Å². The summed E-state index contributed by atoms with van der Waals surface area (Å²) >= 11 is 4.68. The van der Waals surface area contributed by atoms with Crippen molar-refractivity contribution < 1.29 is 14.3 Å². The number of nitrogens with two attached hydrogens (primary N) is 2. The van der Waals surface area contributed by atoms with Gasteiger partial charge in [0.15, 0.2) is 5.11 Å². The first-order chi connectivity index (χ1) is 12.0. The number of nitrogens with one attached hydrogen (secondary N) is 1. The third-order valence-electron chi connectivity index (χ3n) is 3.23. The predicted octanol–water partition coefficient (Wildman–Crippen LogP) is 1.54. The number of rotatable bonds is 7. The molecule has 7 nitrogen and oxygen atoms in total. The van der Waals surface area contributed by atoms with Gasteiger partial charge in [0, 0.05) is 5.56 Å². The van der Waals surface area contributed by atoms with Crippen molar-refractivity contribution in [3.05, 3.63) is 59.2 Å². The second-order valence-corrected chi connectivity index (χ2v) is 5.39. The van der Waals surface area contributed by atoms with Crippen LogP contribution in [0.2, 0.25) is 0 Å². The average molecular weight is 358 g/mol. The Morgan fingerprint density at radius 3 is 2.68 bits per heavy atom. The van der Waals surface area contributed by atoms with Crippen LogP contribution in [0.4, 0.5) is 0 Å². The first-order valence-electron chi connectivity index (χ1n) is 7.28. The molecule has 0 aliphatic heterocycles. The van der Waals surface area contributed by atoms with Crippen LogP contribution in [0.1, 0.15) is 21.5 Å². The number of primary amides is 1. The van der Waals surface area contributed by atoms with Crippen molar-refractivity contribution in [3.8, 4) is 11.5 Å². The van der Waals surface area contributed by atoms with Crippen molar-refractivity contribution in [2.24, 2.45) is 16.6 Å². The van der Waals surface area contributed by atoms with Crippen molar-refractivity contribution in [2.45, 2.75) is 6.61 Å². The molecule has 25 heavy (non-hydrogen) atoms. The molecule has 130 valence electrons. The molecule has 0 saturated carbocycles. The van der Waals surface area contributed by atoms with Gasteiger partial charge >= 0.3 is 0 Å². The van der Waals surface area contributed by atoms with Crippen LogP contribution in [0.15, 0.2) is 47.6 Å². The number of hydrogen-bond acceptors (Lipinski definition) is 5. The van der Waals surface area contributed by atoms with Crippen molar-refractivity contribution in [1.29, 1.82) is 0 Å². The molecule has 0 radical (unpaired) electrons. The minimum atomic E-state index is -0.549. The number of amides is 1. The Labute approximate surface area is 150 Å². The van der Waals surface area contributed by atoms with Crippen LogP contribution in [-0.2, 0) is 6.61 Å². The average Bonchev–Trinajstić information content (AvgIpc) is 2.60. The molecule has 0 aliphatic carbocycles. The molecule has 0 aromatic heterocycles. The lowest BCUT2D eigenvalue weighted by atomic mass is 10.1. The van der Waals surface area contributed by atoms with E-state index in [-0.39, 0.29) is 11.7 Å². The summed E-state index contributed by atoms with van der Waals surface area (Å²) in [5, 5.41) is 3.99. The van der Waals surface area contributed by atoms with Crippen molar-refractivity contribution in [1.82, 2.24) is 5.43 Å². The maximum Gasteiger partial charge on any atom is 0.252 e. The molecule has 0 bridgehead atoms. The van der Waals surface area contributed by atoms with E-state index in [0.29, 0.717) is 17.1 Å². The lowest BCUT2D eigenvalue weighted by Crippen LogP contribution is -2.24. The van der Waals surface area contributed by atoms with Crippen LogP contribution in [0, 0.1) is 0 Å². The van der Waals surface area contributed by atoms with Crippen LogP contribution in [0.25, 0.3) is 0 Å². The second kappa shape index (κ2) is 8.65. The van der Waals surface area contributed by atoms with Gasteiger partial charge in [0.2, 0.25) is 0 Å². The first-order valence-corrected chi connectivity index (χ1v) is 7.69. The zero-order valence-corrected chi connectivity index (χ0v) is 14.4. The molecule has 0 aliphatic rings. The zero-order chi connectivity index (χ0) is 18.2. The Bertz CT molecular complexity index is 808. The van der Waals surface area contributed by atoms with Crippen LogP contribution in [0.3, 0.4) is 0 Å². The molecule has 0 spiro atoms. The predicted molar refractivity (Wildman–Crippen MR) is 99.8 cm³/mol. The molecule has 0 saturated heterocycles. The van der Waals surface area contributed by atoms with Crippen molar-refractivity contribution >= 4 is 29.5 Å². The Morgan fingerprint density at radius 2 is 2.00 bits per heavy atom. The maximum absolute atomic E-state index is 11.5. The number of hydrazone groups is 1. The molecule has 0 unspecified atom stereocenters. The molecular formula is C17H18N4O3S. The van der Waals surface area contributed by atoms with Gasteiger partial charge in [-0.3, -0.25) is 10.2 Å². The fourth-order valence-corrected chi connectivity index (χ4v) is 2.17. The van der Waals surface area contributed by atoms with E-state index >= 15 is 0 Å². The summed E-state index contributed by atoms with van der Waals surface area (Å²) in [6, 6.07) is 12.2. The highest BCUT2D eigenvalue weighted by Gasteiger charge is 2.10. The number of methoxy groups -OCH3 is 1. The van der Waals surface area contributed by atoms with Crippen molar-refractivity contribution in [3.63, 3.8) is 0 Å². The summed E-state index contributed by atoms with van der Waals surface area (Å²) in [4.78, 5) is 11.5. The van der Waals surface area contributed by atoms with Crippen LogP contribution in [0.5, 0.6) is 11.5 Å². The number of ether oxygens (including phenoxy) is 2. The van der Waals surface area contributed by atoms with E-state index in [4.69, 9.17) is 20.9 Å². The van der Waals surface area contributed by atoms with E-state index in [2.05, 4.69) is 22.7 Å². The lowest BCUT2D eigenvalue weighted by molar-refractivity contribution is 0.0996. The largest absolute Gasteiger partial charge is 0.496 e. The van der Waals surface area contributed by atoms with Gasteiger partial charge in [-0.1, -0.05) is 12.1 Å². The van der Waals surface area contributed by atoms with E-state index in [1.807, 2.05) is 12.1 Å². The highest BCUT2D eigenvalue weighted by atomic mass is 32.1. The van der Waals surface area contributed by atoms with E-state index in [1.54, 1.807) is 43.7 Å². The van der Waals surface area contributed by atoms with Gasteiger partial charge < -0.3 is 20.9 Å². The third kappa shape index (κ3) is 5.18. The molecule has 5 N–H and O–H groups in total. The SMILES string of the molecule is COc1ccc(C=NNC(N)=S)cc1COc1ccccc1C(N)=O. The minimum absolute atomic E-state index is 0.0800. The standard InChI is InChI=1S/C17H18N4O3S/c1-23-14-7-6-11(9-20-21-17(19)25)8-12(14)10-24-15-5-3-2-4-13(15)16(18)22/h2-9H,10H2,1H3,(H2,18,22)(H3,19,21,25). The monoisotopic (exact) mass is 358 g/mol. The highest BCUT2D eigenvalue weighted by Crippen LogP contribution is 2.23. The number of nitrogens with zero attached hydrogens (tertiary/aromatic N) is 1. The highest BCUT2D eigenvalue weighted by molar-refractivity contribution is 7.80. The molecule has 0 heterocycles. The summed E-state index contributed by atoms with van der Waals surface area (Å²) in [6.07, 6.45) is 1.57. The number of carbonyl (C=O) groups excluding carboxylic acids is 1. The van der Waals surface area contributed by atoms with E-state index < -0.39 is 5.91 Å². The van der Waals surface area contributed by atoms with Gasteiger partial charge in [-0.25, -0.2) is 0 Å². The van der Waals surface area contributed by atoms with Crippen LogP contribution in [-0.4, -0.2) is 24.3 Å². The van der Waals surface area contributed by atoms with Crippen LogP contribution >= 0.6 is 12.2 Å². The number of hydrogen-bond donors (Lipinski definition) is 3. The number of benzene rings is 2. The summed E-state index contributed by atoms with van der Waals surface area (Å²) < 4.78 is 11.1. The molecule has 2 rings (SSSR count). The molecule has 2 aromatic carbocycles. The van der Waals surface area contributed by atoms with E-state index in [0.717, 1.165) is 11.1 Å². The Morgan fingerprint density at radius 1 is 1.24 bits per heavy atom. The van der Waals surface area contributed by atoms with E-state index in [1.165, 1.54) is 0 Å². The summed E-state index contributed by atoms with van der Waals surface area (Å²) in [5.74, 6) is 0.509. The van der Waals surface area contributed by atoms with Gasteiger partial charge in [-0.15, -0.1) is 0 Å². The third-order valence-corrected chi connectivity index (χ3v) is 3.32. The molecule has 0 atom stereocenters. The second-order valence-electron chi connectivity index (χ2n) is 4.95. The number of thiocarbonyl (C=S) groups is 1. The Kier molecular flexibility index (Phi) is 6.30. The van der Waals surface area contributed by atoms with Gasteiger partial charge in [0.25, 0.3) is 5.91 Å². The van der Waals surface area contributed by atoms with Gasteiger partial charge in [-0.2, -0.15) is 5.10 Å². The van der Waals surface area contributed by atoms with Gasteiger partial charge in [-0.05, 0) is 48.1 Å². The van der Waals surface area contributed by atoms with Gasteiger partial charge in [0.05, 0.1) is 18.9 Å². The lowest BCUT2D eigenvalue weighted by Gasteiger charge is -2.12. The van der Waals surface area contributed by atoms with Crippen LogP contribution < -0.4 is 26.4 Å². The van der Waals surface area contributed by atoms with Gasteiger partial charge in [0.1, 0.15) is 18.1 Å². The topological polar surface area (TPSA) is 112 Å². The Hall–Kier alpha value is -3.13. The Balaban J connectivity index is 2.19. The normalized spacial score (nSPS) is 10.4.